The van der Waals surface area contributed by atoms with Gasteiger partial charge in [-0.3, -0.25) is 0 Å². The van der Waals surface area contributed by atoms with Gasteiger partial charge in [-0.2, -0.15) is 15.0 Å². The molecule has 0 radical (unpaired) electrons. The van der Waals surface area contributed by atoms with Crippen LogP contribution < -0.4 is 20.9 Å². The Bertz CT molecular complexity index is 1440. The molecule has 0 spiro atoms. The molecule has 39 heavy (non-hydrogen) atoms. The Kier molecular flexibility index (Phi) is 8.30. The molecule has 10 heteroatoms. The van der Waals surface area contributed by atoms with Crippen LogP contribution >= 0.6 is 11.6 Å². The van der Waals surface area contributed by atoms with Crippen LogP contribution in [0.3, 0.4) is 0 Å². The molecule has 1 aliphatic rings. The number of carbonyl (C=O) groups is 1. The molecule has 1 saturated heterocycles. The number of benzene rings is 3. The fourth-order valence-electron chi connectivity index (χ4n) is 4.02. The van der Waals surface area contributed by atoms with E-state index in [0.717, 1.165) is 37.4 Å². The van der Waals surface area contributed by atoms with Gasteiger partial charge in [-0.25, -0.2) is 4.79 Å². The van der Waals surface area contributed by atoms with Crippen molar-refractivity contribution >= 4 is 58.7 Å². The van der Waals surface area contributed by atoms with Crippen LogP contribution in [0.2, 0.25) is 5.02 Å². The fourth-order valence-corrected chi connectivity index (χ4v) is 4.15. The van der Waals surface area contributed by atoms with E-state index in [-0.39, 0.29) is 6.03 Å². The van der Waals surface area contributed by atoms with Gasteiger partial charge in [0.1, 0.15) is 0 Å². The molecule has 0 atom stereocenters. The van der Waals surface area contributed by atoms with Crippen molar-refractivity contribution in [1.82, 2.24) is 19.9 Å². The molecule has 5 rings (SSSR count). The highest BCUT2D eigenvalue weighted by atomic mass is 35.5. The minimum Gasteiger partial charge on any atom is -0.338 e. The lowest BCUT2D eigenvalue weighted by atomic mass is 10.2. The third-order valence-corrected chi connectivity index (χ3v) is 6.38. The Morgan fingerprint density at radius 1 is 0.795 bits per heavy atom. The number of nitrogens with one attached hydrogen (secondary N) is 3. The maximum absolute atomic E-state index is 12.5. The minimum atomic E-state index is -0.361. The summed E-state index contributed by atoms with van der Waals surface area (Å²) in [6.07, 6.45) is 3.87. The van der Waals surface area contributed by atoms with Gasteiger partial charge in [0, 0.05) is 48.3 Å². The van der Waals surface area contributed by atoms with Crippen LogP contribution in [0.1, 0.15) is 11.4 Å². The van der Waals surface area contributed by atoms with E-state index < -0.39 is 0 Å². The van der Waals surface area contributed by atoms with Crippen molar-refractivity contribution in [3.05, 3.63) is 95.3 Å². The van der Waals surface area contributed by atoms with Crippen molar-refractivity contribution < 1.29 is 4.79 Å². The van der Waals surface area contributed by atoms with E-state index >= 15 is 0 Å². The van der Waals surface area contributed by atoms with E-state index in [1.54, 1.807) is 24.3 Å². The third-order valence-electron chi connectivity index (χ3n) is 6.13. The summed E-state index contributed by atoms with van der Waals surface area (Å²) >= 11 is 5.92. The zero-order valence-electron chi connectivity index (χ0n) is 21.5. The van der Waals surface area contributed by atoms with Crippen LogP contribution in [0.15, 0.2) is 78.9 Å². The molecule has 1 aliphatic heterocycles. The van der Waals surface area contributed by atoms with E-state index in [1.165, 1.54) is 0 Å². The number of rotatable bonds is 7. The number of anilines is 5. The van der Waals surface area contributed by atoms with Gasteiger partial charge in [0.25, 0.3) is 0 Å². The second kappa shape index (κ2) is 12.4. The number of hydrogen-bond donors (Lipinski definition) is 3. The number of carbonyl (C=O) groups excluding carboxylic acids is 1. The number of nitrogens with zero attached hydrogens (tertiary/aromatic N) is 5. The first-order valence-electron chi connectivity index (χ1n) is 12.6. The van der Waals surface area contributed by atoms with Gasteiger partial charge in [-0.05, 0) is 61.2 Å². The van der Waals surface area contributed by atoms with Crippen molar-refractivity contribution in [1.29, 1.82) is 0 Å². The molecule has 2 heterocycles. The zero-order chi connectivity index (χ0) is 27.0. The van der Waals surface area contributed by atoms with E-state index in [4.69, 9.17) is 21.6 Å². The third kappa shape index (κ3) is 7.53. The van der Waals surface area contributed by atoms with E-state index in [0.29, 0.717) is 34.1 Å². The summed E-state index contributed by atoms with van der Waals surface area (Å²) in [5, 5.41) is 9.52. The molecule has 3 N–H and O–H groups in total. The molecular weight excluding hydrogens is 512 g/mol. The van der Waals surface area contributed by atoms with Crippen LogP contribution in [0.4, 0.5) is 33.8 Å². The lowest BCUT2D eigenvalue weighted by molar-refractivity contribution is 0.262. The summed E-state index contributed by atoms with van der Waals surface area (Å²) in [7, 11) is 2.11. The van der Waals surface area contributed by atoms with Gasteiger partial charge in [0.15, 0.2) is 5.82 Å². The summed E-state index contributed by atoms with van der Waals surface area (Å²) in [6, 6.07) is 23.9. The van der Waals surface area contributed by atoms with Crippen molar-refractivity contribution in [2.45, 2.75) is 0 Å². The Hall–Kier alpha value is -4.47. The Morgan fingerprint density at radius 2 is 1.51 bits per heavy atom. The van der Waals surface area contributed by atoms with Crippen LogP contribution in [-0.4, -0.2) is 59.1 Å². The number of aromatic nitrogens is 3. The molecule has 0 saturated carbocycles. The number of hydrogen-bond acceptors (Lipinski definition) is 7. The Labute approximate surface area is 232 Å². The second-order valence-corrected chi connectivity index (χ2v) is 9.58. The molecule has 198 valence electrons. The smallest absolute Gasteiger partial charge is 0.323 e. The monoisotopic (exact) mass is 540 g/mol. The zero-order valence-corrected chi connectivity index (χ0v) is 22.3. The lowest BCUT2D eigenvalue weighted by Gasteiger charge is -2.32. The summed E-state index contributed by atoms with van der Waals surface area (Å²) in [4.78, 5) is 31.0. The minimum absolute atomic E-state index is 0.361. The first kappa shape index (κ1) is 26.1. The van der Waals surface area contributed by atoms with Crippen molar-refractivity contribution in [2.24, 2.45) is 0 Å². The number of urea groups is 1. The fraction of sp³-hybridized carbons (Fsp3) is 0.172. The van der Waals surface area contributed by atoms with Gasteiger partial charge in [-0.1, -0.05) is 54.1 Å². The van der Waals surface area contributed by atoms with E-state index in [1.807, 2.05) is 66.7 Å². The molecule has 0 unspecified atom stereocenters. The highest BCUT2D eigenvalue weighted by molar-refractivity contribution is 6.30. The van der Waals surface area contributed by atoms with E-state index in [2.05, 4.69) is 37.8 Å². The normalized spacial score (nSPS) is 13.8. The van der Waals surface area contributed by atoms with Gasteiger partial charge in [0.05, 0.1) is 0 Å². The topological polar surface area (TPSA) is 98.3 Å². The number of amides is 2. The van der Waals surface area contributed by atoms with Crippen LogP contribution in [-0.2, 0) is 0 Å². The summed E-state index contributed by atoms with van der Waals surface area (Å²) < 4.78 is 0. The molecule has 9 nitrogen and oxygen atoms in total. The Balaban J connectivity index is 1.33. The number of halogens is 1. The van der Waals surface area contributed by atoms with Gasteiger partial charge in [0.2, 0.25) is 11.9 Å². The average Bonchev–Trinajstić information content (AvgIpc) is 2.94. The summed E-state index contributed by atoms with van der Waals surface area (Å²) in [5.74, 6) is 1.61. The molecule has 2 amide bonds. The van der Waals surface area contributed by atoms with Crippen LogP contribution in [0.25, 0.3) is 12.2 Å². The first-order valence-corrected chi connectivity index (χ1v) is 13.0. The lowest BCUT2D eigenvalue weighted by Crippen LogP contribution is -2.45. The molecule has 0 aliphatic carbocycles. The highest BCUT2D eigenvalue weighted by Gasteiger charge is 2.18. The molecule has 4 aromatic rings. The maximum Gasteiger partial charge on any atom is 0.323 e. The summed E-state index contributed by atoms with van der Waals surface area (Å²) in [6.45, 7) is 3.55. The maximum atomic E-state index is 12.5. The van der Waals surface area contributed by atoms with Gasteiger partial charge in [-0.15, -0.1) is 0 Å². The second-order valence-electron chi connectivity index (χ2n) is 9.14. The molecule has 1 fully saturated rings. The summed E-state index contributed by atoms with van der Waals surface area (Å²) in [5.41, 5.74) is 3.05. The van der Waals surface area contributed by atoms with Gasteiger partial charge >= 0.3 is 6.03 Å². The first-order chi connectivity index (χ1) is 19.0. The Morgan fingerprint density at radius 3 is 2.28 bits per heavy atom. The molecular formula is C29H29ClN8O. The van der Waals surface area contributed by atoms with Crippen molar-refractivity contribution in [2.75, 3.05) is 54.1 Å². The van der Waals surface area contributed by atoms with Crippen molar-refractivity contribution in [3.63, 3.8) is 0 Å². The van der Waals surface area contributed by atoms with Crippen molar-refractivity contribution in [3.8, 4) is 0 Å². The predicted octanol–water partition coefficient (Wildman–Crippen LogP) is 5.83. The number of likely N-dealkylation sites (N-methyl/N-ethyl adjacent to an activating group) is 1. The largest absolute Gasteiger partial charge is 0.338 e. The molecule has 0 bridgehead atoms. The van der Waals surface area contributed by atoms with E-state index in [9.17, 15) is 4.79 Å². The SMILES string of the molecule is CN1CCN(c2nc(/C=C/c3ccccc3)nc(Nc3cccc(NC(=O)Nc4ccc(Cl)cc4)c3)n2)CC1. The molecule has 1 aromatic heterocycles. The molecule has 3 aromatic carbocycles. The average molecular weight is 541 g/mol. The highest BCUT2D eigenvalue weighted by Crippen LogP contribution is 2.21. The van der Waals surface area contributed by atoms with Crippen LogP contribution in [0, 0.1) is 0 Å². The standard InChI is InChI=1S/C29H29ClN8O/c1-37-16-18-38(19-17-37)28-35-26(15-10-21-6-3-2-4-7-21)34-27(36-28)31-24-8-5-9-25(20-24)33-29(39)32-23-13-11-22(30)12-14-23/h2-15,20H,16-19H2,1H3,(H2,32,33,39)(H,31,34,35,36)/b15-10+. The van der Waals surface area contributed by atoms with Gasteiger partial charge < -0.3 is 25.8 Å². The quantitative estimate of drug-likeness (QED) is 0.271. The number of piperazine rings is 1. The van der Waals surface area contributed by atoms with Crippen LogP contribution in [0.5, 0.6) is 0 Å². The predicted molar refractivity (Wildman–Crippen MR) is 159 cm³/mol.